The quantitative estimate of drug-likeness (QED) is 0.618. The fourth-order valence-corrected chi connectivity index (χ4v) is 1.92. The molecule has 0 amide bonds. The van der Waals surface area contributed by atoms with E-state index in [0.29, 0.717) is 0 Å². The molecule has 1 aliphatic rings. The van der Waals surface area contributed by atoms with E-state index >= 15 is 0 Å². The Morgan fingerprint density at radius 2 is 2.20 bits per heavy atom. The molecule has 10 heavy (non-hydrogen) atoms. The van der Waals surface area contributed by atoms with Crippen LogP contribution in [-0.2, 0) is 0 Å². The van der Waals surface area contributed by atoms with Crippen molar-refractivity contribution in [3.05, 3.63) is 29.8 Å². The normalized spacial score (nSPS) is 14.0. The second-order valence-electron chi connectivity index (χ2n) is 2.02. The second-order valence-corrected chi connectivity index (χ2v) is 3.27. The van der Waals surface area contributed by atoms with Crippen LogP contribution in [0.25, 0.3) is 0 Å². The Hall–Kier alpha value is -0.791. The monoisotopic (exact) mass is 198 g/mol. The summed E-state index contributed by atoms with van der Waals surface area (Å²) in [5, 5.41) is 0. The number of nitrogens with zero attached hydrogens (tertiary/aromatic N) is 1. The average molecular weight is 197 g/mol. The predicted octanol–water partition coefficient (Wildman–Crippen LogP) is 1.07. The van der Waals surface area contributed by atoms with E-state index in [1.54, 1.807) is 0 Å². The van der Waals surface area contributed by atoms with E-state index in [-0.39, 0.29) is 15.4 Å². The number of benzene rings is 1. The van der Waals surface area contributed by atoms with Gasteiger partial charge >= 0.3 is 65.5 Å². The van der Waals surface area contributed by atoms with E-state index in [9.17, 15) is 0 Å². The summed E-state index contributed by atoms with van der Waals surface area (Å²) in [4.78, 5) is 0. The molecule has 1 aromatic carbocycles. The Kier molecular flexibility index (Phi) is 1.46. The van der Waals surface area contributed by atoms with Gasteiger partial charge in [0.2, 0.25) is 0 Å². The van der Waals surface area contributed by atoms with Crippen LogP contribution in [0.5, 0.6) is 0 Å². The van der Waals surface area contributed by atoms with Crippen molar-refractivity contribution in [2.75, 3.05) is 4.33 Å². The molecule has 2 rings (SSSR count). The number of rotatable bonds is 0. The van der Waals surface area contributed by atoms with Gasteiger partial charge in [0, 0.05) is 0 Å². The molecule has 1 aliphatic heterocycles. The summed E-state index contributed by atoms with van der Waals surface area (Å²) in [6.45, 7) is 0. The Morgan fingerprint density at radius 3 is 3.10 bits per heavy atom. The molecule has 0 unspecified atom stereocenters. The van der Waals surface area contributed by atoms with Crippen LogP contribution in [0.15, 0.2) is 28.3 Å². The Morgan fingerprint density at radius 1 is 1.30 bits per heavy atom. The fraction of sp³-hybridized carbons (Fsp3) is 0. The van der Waals surface area contributed by atoms with Crippen molar-refractivity contribution in [2.45, 2.75) is 0 Å². The molecular formula is C7H6N2Se. The molecule has 0 radical (unpaired) electrons. The number of para-hydroxylation sites is 1. The van der Waals surface area contributed by atoms with E-state index in [0.717, 1.165) is 0 Å². The molecule has 1 aromatic rings. The van der Waals surface area contributed by atoms with Crippen LogP contribution >= 0.6 is 0 Å². The minimum atomic E-state index is 0.217. The maximum absolute atomic E-state index is 4.14. The third-order valence-electron chi connectivity index (χ3n) is 1.36. The van der Waals surface area contributed by atoms with Crippen LogP contribution in [0.1, 0.15) is 5.56 Å². The SMILES string of the molecule is C1=N[Se]Nc2ccccc21. The van der Waals surface area contributed by atoms with Crippen molar-refractivity contribution in [1.29, 1.82) is 0 Å². The molecular weight excluding hydrogens is 191 g/mol. The molecule has 0 saturated carbocycles. The summed E-state index contributed by atoms with van der Waals surface area (Å²) in [5.74, 6) is 0. The number of hydrogen-bond acceptors (Lipinski definition) is 2. The van der Waals surface area contributed by atoms with E-state index in [4.69, 9.17) is 0 Å². The maximum atomic E-state index is 4.14. The summed E-state index contributed by atoms with van der Waals surface area (Å²) in [6.07, 6.45) is 1.92. The first-order valence-corrected chi connectivity index (χ1v) is 4.63. The van der Waals surface area contributed by atoms with Gasteiger partial charge in [0.15, 0.2) is 0 Å². The second kappa shape index (κ2) is 2.45. The van der Waals surface area contributed by atoms with E-state index < -0.39 is 0 Å². The van der Waals surface area contributed by atoms with E-state index in [2.05, 4.69) is 20.5 Å². The fourth-order valence-electron chi connectivity index (χ4n) is 0.861. The summed E-state index contributed by atoms with van der Waals surface area (Å²) in [6, 6.07) is 8.18. The Balaban J connectivity index is 2.54. The van der Waals surface area contributed by atoms with Crippen molar-refractivity contribution in [3.8, 4) is 0 Å². The van der Waals surface area contributed by atoms with Gasteiger partial charge in [0.25, 0.3) is 0 Å². The molecule has 0 atom stereocenters. The zero-order valence-corrected chi connectivity index (χ0v) is 6.96. The van der Waals surface area contributed by atoms with Gasteiger partial charge in [-0.3, -0.25) is 0 Å². The average Bonchev–Trinajstić information content (AvgIpc) is 2.05. The molecule has 1 N–H and O–H groups in total. The molecule has 0 saturated heterocycles. The number of anilines is 1. The van der Waals surface area contributed by atoms with Crippen molar-refractivity contribution in [2.24, 2.45) is 4.01 Å². The zero-order valence-electron chi connectivity index (χ0n) is 5.24. The van der Waals surface area contributed by atoms with Gasteiger partial charge in [-0.2, -0.15) is 0 Å². The van der Waals surface area contributed by atoms with Crippen molar-refractivity contribution < 1.29 is 0 Å². The number of nitrogens with one attached hydrogen (secondary N) is 1. The van der Waals surface area contributed by atoms with Gasteiger partial charge in [-0.25, -0.2) is 0 Å². The first-order chi connectivity index (χ1) is 4.97. The minimum absolute atomic E-state index is 0.217. The third-order valence-corrected chi connectivity index (χ3v) is 2.46. The first-order valence-electron chi connectivity index (χ1n) is 3.01. The summed E-state index contributed by atoms with van der Waals surface area (Å²) >= 11 is 0.217. The van der Waals surface area contributed by atoms with Crippen LogP contribution in [0.4, 0.5) is 5.69 Å². The van der Waals surface area contributed by atoms with Crippen LogP contribution in [-0.4, -0.2) is 21.6 Å². The molecule has 0 spiro atoms. The third kappa shape index (κ3) is 0.939. The van der Waals surface area contributed by atoms with Crippen molar-refractivity contribution in [1.82, 2.24) is 0 Å². The molecule has 1 heterocycles. The summed E-state index contributed by atoms with van der Waals surface area (Å²) in [5.41, 5.74) is 2.40. The number of hydrogen-bond donors (Lipinski definition) is 1. The van der Waals surface area contributed by atoms with Gasteiger partial charge < -0.3 is 0 Å². The van der Waals surface area contributed by atoms with Gasteiger partial charge in [0.05, 0.1) is 0 Å². The topological polar surface area (TPSA) is 24.4 Å². The van der Waals surface area contributed by atoms with Gasteiger partial charge in [-0.1, -0.05) is 0 Å². The molecule has 50 valence electrons. The van der Waals surface area contributed by atoms with Crippen LogP contribution in [0.3, 0.4) is 0 Å². The number of fused-ring (bicyclic) bond motifs is 1. The standard InChI is InChI=1S/C7H6N2Se/c1-2-4-7-6(3-1)5-8-10-9-7/h1-5,9H. The summed E-state index contributed by atoms with van der Waals surface area (Å²) < 4.78 is 7.37. The Labute approximate surface area is 65.9 Å². The molecule has 3 heteroatoms. The molecule has 0 fully saturated rings. The van der Waals surface area contributed by atoms with Gasteiger partial charge in [0.1, 0.15) is 0 Å². The van der Waals surface area contributed by atoms with E-state index in [1.807, 2.05) is 18.3 Å². The van der Waals surface area contributed by atoms with Crippen molar-refractivity contribution >= 4 is 27.3 Å². The first kappa shape index (κ1) is 5.95. The zero-order chi connectivity index (χ0) is 6.81. The van der Waals surface area contributed by atoms with Gasteiger partial charge in [-0.15, -0.1) is 0 Å². The summed E-state index contributed by atoms with van der Waals surface area (Å²) in [7, 11) is 0. The van der Waals surface area contributed by atoms with Crippen molar-refractivity contribution in [3.63, 3.8) is 0 Å². The predicted molar refractivity (Wildman–Crippen MR) is 43.4 cm³/mol. The van der Waals surface area contributed by atoms with Crippen LogP contribution in [0.2, 0.25) is 0 Å². The molecule has 0 aliphatic carbocycles. The molecule has 0 aromatic heterocycles. The van der Waals surface area contributed by atoms with Gasteiger partial charge in [-0.05, 0) is 0 Å². The molecule has 0 bridgehead atoms. The Bertz CT molecular complexity index is 270. The van der Waals surface area contributed by atoms with Crippen LogP contribution in [0, 0.1) is 0 Å². The van der Waals surface area contributed by atoms with E-state index in [1.165, 1.54) is 11.3 Å². The van der Waals surface area contributed by atoms with Crippen LogP contribution < -0.4 is 4.33 Å². The molecule has 2 nitrogen and oxygen atoms in total.